The Morgan fingerprint density at radius 2 is 1.92 bits per heavy atom. The van der Waals surface area contributed by atoms with Gasteiger partial charge in [-0.2, -0.15) is 12.7 Å². The minimum atomic E-state index is -3.83. The van der Waals surface area contributed by atoms with Crippen LogP contribution in [-0.2, 0) is 10.3 Å². The zero-order valence-electron chi connectivity index (χ0n) is 14.0. The van der Waals surface area contributed by atoms with Crippen molar-refractivity contribution in [2.45, 2.75) is 23.5 Å². The van der Waals surface area contributed by atoms with Crippen molar-refractivity contribution in [1.82, 2.24) is 4.31 Å². The van der Waals surface area contributed by atoms with Crippen LogP contribution >= 0.6 is 11.8 Å². The lowest BCUT2D eigenvalue weighted by molar-refractivity contribution is 0.0976. The largest absolute Gasteiger partial charge is 0.384 e. The molecule has 1 atom stereocenters. The summed E-state index contributed by atoms with van der Waals surface area (Å²) in [4.78, 5) is 13.2. The second-order valence-corrected chi connectivity index (χ2v) is 8.65. The molecular weight excluding hydrogens is 358 g/mol. The smallest absolute Gasteiger partial charge is 0.371 e. The van der Waals surface area contributed by atoms with Gasteiger partial charge in [0.05, 0.1) is 0 Å². The van der Waals surface area contributed by atoms with E-state index in [2.05, 4.69) is 0 Å². The van der Waals surface area contributed by atoms with E-state index in [1.54, 1.807) is 30.8 Å². The van der Waals surface area contributed by atoms with Crippen molar-refractivity contribution in [2.24, 2.45) is 0 Å². The monoisotopic (exact) mass is 377 g/mol. The first kappa shape index (κ1) is 18.0. The molecule has 1 aliphatic rings. The maximum absolute atomic E-state index is 12.4. The van der Waals surface area contributed by atoms with Crippen LogP contribution in [0.5, 0.6) is 5.75 Å². The molecule has 25 heavy (non-hydrogen) atoms. The third-order valence-electron chi connectivity index (χ3n) is 4.09. The molecule has 0 saturated heterocycles. The van der Waals surface area contributed by atoms with E-state index in [4.69, 9.17) is 4.18 Å². The average molecular weight is 377 g/mol. The summed E-state index contributed by atoms with van der Waals surface area (Å²) in [6, 6.07) is 14.6. The molecule has 0 radical (unpaired) electrons. The van der Waals surface area contributed by atoms with Crippen LogP contribution in [0.2, 0.25) is 0 Å². The maximum Gasteiger partial charge on any atom is 0.384 e. The molecule has 0 bridgehead atoms. The molecule has 1 heterocycles. The number of hydrogen-bond acceptors (Lipinski definition) is 5. The molecule has 0 saturated carbocycles. The van der Waals surface area contributed by atoms with Crippen LogP contribution in [0.4, 0.5) is 0 Å². The van der Waals surface area contributed by atoms with E-state index in [9.17, 15) is 13.2 Å². The van der Waals surface area contributed by atoms with E-state index in [1.165, 1.54) is 13.1 Å². The van der Waals surface area contributed by atoms with Gasteiger partial charge in [0, 0.05) is 35.7 Å². The van der Waals surface area contributed by atoms with Gasteiger partial charge in [-0.05, 0) is 23.8 Å². The maximum atomic E-state index is 12.4. The quantitative estimate of drug-likeness (QED) is 0.795. The Morgan fingerprint density at radius 3 is 2.60 bits per heavy atom. The van der Waals surface area contributed by atoms with Crippen molar-refractivity contribution >= 4 is 27.8 Å². The van der Waals surface area contributed by atoms with Crippen LogP contribution < -0.4 is 4.18 Å². The summed E-state index contributed by atoms with van der Waals surface area (Å²) in [7, 11) is -2.37. The Labute approximate surface area is 152 Å². The number of rotatable bonds is 5. The topological polar surface area (TPSA) is 63.7 Å². The number of carbonyl (C=O) groups is 1. The van der Waals surface area contributed by atoms with Crippen LogP contribution in [0, 0.1) is 0 Å². The summed E-state index contributed by atoms with van der Waals surface area (Å²) in [5.41, 5.74) is 1.70. The Bertz CT molecular complexity index is 881. The van der Waals surface area contributed by atoms with Gasteiger partial charge < -0.3 is 4.18 Å². The number of nitrogens with zero attached hydrogens (tertiary/aromatic N) is 1. The van der Waals surface area contributed by atoms with Gasteiger partial charge in [-0.25, -0.2) is 0 Å². The SMILES string of the molecule is CCN(C)S(=O)(=O)Oc1ccc2c(c1)SC(c1ccccc1)CC2=O. The first-order valence-electron chi connectivity index (χ1n) is 7.95. The van der Waals surface area contributed by atoms with Crippen molar-refractivity contribution in [3.8, 4) is 5.75 Å². The molecule has 2 aromatic rings. The molecule has 0 spiro atoms. The molecule has 7 heteroatoms. The number of ketones is 1. The van der Waals surface area contributed by atoms with Crippen molar-refractivity contribution < 1.29 is 17.4 Å². The normalized spacial score (nSPS) is 17.4. The second-order valence-electron chi connectivity index (χ2n) is 5.76. The second kappa shape index (κ2) is 7.19. The molecule has 0 amide bonds. The molecular formula is C18H19NO4S2. The van der Waals surface area contributed by atoms with Crippen LogP contribution in [0.25, 0.3) is 0 Å². The van der Waals surface area contributed by atoms with E-state index in [0.717, 1.165) is 14.8 Å². The zero-order chi connectivity index (χ0) is 18.0. The molecule has 2 aromatic carbocycles. The van der Waals surface area contributed by atoms with Gasteiger partial charge in [0.15, 0.2) is 5.78 Å². The zero-order valence-corrected chi connectivity index (χ0v) is 15.6. The lowest BCUT2D eigenvalue weighted by atomic mass is 10.0. The molecule has 0 fully saturated rings. The van der Waals surface area contributed by atoms with Crippen LogP contribution in [0.1, 0.15) is 34.5 Å². The highest BCUT2D eigenvalue weighted by Gasteiger charge is 2.28. The highest BCUT2D eigenvalue weighted by Crippen LogP contribution is 2.45. The average Bonchev–Trinajstić information content (AvgIpc) is 2.61. The lowest BCUT2D eigenvalue weighted by Crippen LogP contribution is -2.30. The van der Waals surface area contributed by atoms with E-state index in [1.807, 2.05) is 30.3 Å². The van der Waals surface area contributed by atoms with E-state index < -0.39 is 10.3 Å². The lowest BCUT2D eigenvalue weighted by Gasteiger charge is -2.24. The van der Waals surface area contributed by atoms with Crippen molar-refractivity contribution in [2.75, 3.05) is 13.6 Å². The molecule has 5 nitrogen and oxygen atoms in total. The Hall–Kier alpha value is -1.83. The van der Waals surface area contributed by atoms with Crippen molar-refractivity contribution in [3.05, 3.63) is 59.7 Å². The summed E-state index contributed by atoms with van der Waals surface area (Å²) in [5.74, 6) is 0.274. The van der Waals surface area contributed by atoms with Gasteiger partial charge in [-0.15, -0.1) is 11.8 Å². The Kier molecular flexibility index (Phi) is 5.17. The third kappa shape index (κ3) is 3.89. The number of Topliss-reactive ketones (excluding diaryl/α,β-unsaturated/α-hetero) is 1. The number of hydrogen-bond donors (Lipinski definition) is 0. The minimum absolute atomic E-state index is 0.0198. The van der Waals surface area contributed by atoms with Gasteiger partial charge in [0.1, 0.15) is 5.75 Å². The van der Waals surface area contributed by atoms with Crippen LogP contribution in [0.15, 0.2) is 53.4 Å². The Balaban J connectivity index is 1.88. The molecule has 0 N–H and O–H groups in total. The van der Waals surface area contributed by atoms with Gasteiger partial charge in [0.25, 0.3) is 0 Å². The molecule has 132 valence electrons. The fraction of sp³-hybridized carbons (Fsp3) is 0.278. The summed E-state index contributed by atoms with van der Waals surface area (Å²) < 4.78 is 30.5. The van der Waals surface area contributed by atoms with Crippen molar-refractivity contribution in [1.29, 1.82) is 0 Å². The summed E-state index contributed by atoms with van der Waals surface area (Å²) in [6.45, 7) is 2.04. The number of carbonyl (C=O) groups excluding carboxylic acids is 1. The van der Waals surface area contributed by atoms with E-state index in [0.29, 0.717) is 18.5 Å². The predicted octanol–water partition coefficient (Wildman–Crippen LogP) is 3.68. The van der Waals surface area contributed by atoms with Crippen LogP contribution in [-0.4, -0.2) is 32.1 Å². The predicted molar refractivity (Wildman–Crippen MR) is 98.3 cm³/mol. The Morgan fingerprint density at radius 1 is 1.20 bits per heavy atom. The highest BCUT2D eigenvalue weighted by molar-refractivity contribution is 7.99. The molecule has 0 aromatic heterocycles. The van der Waals surface area contributed by atoms with E-state index >= 15 is 0 Å². The summed E-state index contributed by atoms with van der Waals surface area (Å²) >= 11 is 1.56. The van der Waals surface area contributed by atoms with Crippen LogP contribution in [0.3, 0.4) is 0 Å². The molecule has 1 aliphatic heterocycles. The molecule has 0 aliphatic carbocycles. The minimum Gasteiger partial charge on any atom is -0.371 e. The summed E-state index contributed by atoms with van der Waals surface area (Å²) in [6.07, 6.45) is 0.429. The summed E-state index contributed by atoms with van der Waals surface area (Å²) in [5, 5.41) is 0.0198. The number of fused-ring (bicyclic) bond motifs is 1. The van der Waals surface area contributed by atoms with Gasteiger partial charge in [-0.3, -0.25) is 4.79 Å². The van der Waals surface area contributed by atoms with Gasteiger partial charge >= 0.3 is 10.3 Å². The first-order valence-corrected chi connectivity index (χ1v) is 10.2. The first-order chi connectivity index (χ1) is 11.9. The van der Waals surface area contributed by atoms with Gasteiger partial charge in [-0.1, -0.05) is 37.3 Å². The standard InChI is InChI=1S/C18H19NO4S2/c1-3-19(2)25(21,22)23-14-9-10-15-16(20)12-17(24-18(15)11-14)13-7-5-4-6-8-13/h4-11,17H,3,12H2,1-2H3. The third-order valence-corrected chi connectivity index (χ3v) is 6.83. The van der Waals surface area contributed by atoms with E-state index in [-0.39, 0.29) is 16.8 Å². The fourth-order valence-corrected chi connectivity index (χ4v) is 4.67. The van der Waals surface area contributed by atoms with Gasteiger partial charge in [0.2, 0.25) is 0 Å². The number of benzene rings is 2. The number of thioether (sulfide) groups is 1. The fourth-order valence-electron chi connectivity index (χ4n) is 2.55. The highest BCUT2D eigenvalue weighted by atomic mass is 32.2. The molecule has 3 rings (SSSR count). The molecule has 1 unspecified atom stereocenters. The van der Waals surface area contributed by atoms with Crippen molar-refractivity contribution in [3.63, 3.8) is 0 Å².